The highest BCUT2D eigenvalue weighted by Crippen LogP contribution is 2.24. The number of H-pyrrole nitrogens is 1. The highest BCUT2D eigenvalue weighted by Gasteiger charge is 2.17. The lowest BCUT2D eigenvalue weighted by Gasteiger charge is -2.10. The molecule has 0 fully saturated rings. The van der Waals surface area contributed by atoms with E-state index in [1.54, 1.807) is 12.1 Å². The molecule has 3 aromatic heterocycles. The van der Waals surface area contributed by atoms with Gasteiger partial charge >= 0.3 is 0 Å². The van der Waals surface area contributed by atoms with E-state index in [1.165, 1.54) is 22.5 Å². The van der Waals surface area contributed by atoms with Gasteiger partial charge in [-0.05, 0) is 29.2 Å². The Bertz CT molecular complexity index is 1180. The summed E-state index contributed by atoms with van der Waals surface area (Å²) in [6.07, 6.45) is 2.49. The molecule has 0 unspecified atom stereocenters. The van der Waals surface area contributed by atoms with Crippen molar-refractivity contribution in [2.45, 2.75) is 10.9 Å². The van der Waals surface area contributed by atoms with Crippen LogP contribution in [-0.4, -0.2) is 29.1 Å². The Hall–Kier alpha value is -2.56. The summed E-state index contributed by atoms with van der Waals surface area (Å²) in [7, 11) is 0. The largest absolute Gasteiger partial charge is 0.324 e. The van der Waals surface area contributed by atoms with E-state index in [2.05, 4.69) is 24.5 Å². The van der Waals surface area contributed by atoms with Gasteiger partial charge in [-0.2, -0.15) is 0 Å². The van der Waals surface area contributed by atoms with Gasteiger partial charge in [0.2, 0.25) is 5.65 Å². The van der Waals surface area contributed by atoms with Crippen LogP contribution < -0.4 is 11.1 Å². The van der Waals surface area contributed by atoms with Crippen molar-refractivity contribution in [1.82, 2.24) is 29.1 Å². The van der Waals surface area contributed by atoms with E-state index in [9.17, 15) is 9.59 Å². The number of aromatic amines is 1. The molecule has 3 heterocycles. The Kier molecular flexibility index (Phi) is 4.53. The van der Waals surface area contributed by atoms with Crippen molar-refractivity contribution in [3.63, 3.8) is 0 Å². The van der Waals surface area contributed by atoms with E-state index < -0.39 is 0 Å². The molecule has 4 rings (SSSR count). The van der Waals surface area contributed by atoms with Gasteiger partial charge < -0.3 is 4.98 Å². The molecule has 0 amide bonds. The van der Waals surface area contributed by atoms with Crippen LogP contribution in [0.4, 0.5) is 0 Å². The number of aromatic nitrogens is 6. The van der Waals surface area contributed by atoms with Gasteiger partial charge in [0.15, 0.2) is 15.7 Å². The highest BCUT2D eigenvalue weighted by atomic mass is 35.5. The SMILES string of the molecule is O=c1cnc(-n2c(SCc3ccc(Cl)cc3)nc3nnsc3c2=O)c[nH]1. The van der Waals surface area contributed by atoms with Gasteiger partial charge in [-0.3, -0.25) is 9.59 Å². The standard InChI is InChI=1S/C15H9ClN6O2S2/c16-9-3-1-8(2-4-9)7-25-15-19-13-12(26-21-20-13)14(24)22(15)10-5-18-11(23)6-17-10/h1-6H,7H2,(H,18,23). The molecule has 0 radical (unpaired) electrons. The van der Waals surface area contributed by atoms with Gasteiger partial charge in [-0.25, -0.2) is 14.5 Å². The molecule has 0 spiro atoms. The lowest BCUT2D eigenvalue weighted by molar-refractivity contribution is 0.784. The van der Waals surface area contributed by atoms with Crippen molar-refractivity contribution in [2.24, 2.45) is 0 Å². The molecule has 0 saturated heterocycles. The zero-order valence-electron chi connectivity index (χ0n) is 12.9. The van der Waals surface area contributed by atoms with Crippen molar-refractivity contribution in [1.29, 1.82) is 0 Å². The second-order valence-corrected chi connectivity index (χ2v) is 7.28. The zero-order valence-corrected chi connectivity index (χ0v) is 15.3. The average Bonchev–Trinajstić information content (AvgIpc) is 3.11. The van der Waals surface area contributed by atoms with Crippen LogP contribution in [0.15, 0.2) is 51.4 Å². The van der Waals surface area contributed by atoms with Gasteiger partial charge in [0.05, 0.1) is 6.20 Å². The molecule has 4 aromatic rings. The first-order valence-electron chi connectivity index (χ1n) is 7.29. The average molecular weight is 405 g/mol. The monoisotopic (exact) mass is 404 g/mol. The van der Waals surface area contributed by atoms with E-state index in [-0.39, 0.29) is 16.9 Å². The molecule has 0 aliphatic heterocycles. The van der Waals surface area contributed by atoms with Crippen LogP contribution in [0, 0.1) is 0 Å². The Morgan fingerprint density at radius 2 is 2.04 bits per heavy atom. The summed E-state index contributed by atoms with van der Waals surface area (Å²) in [4.78, 5) is 35.1. The molecule has 0 bridgehead atoms. The fourth-order valence-electron chi connectivity index (χ4n) is 2.21. The van der Waals surface area contributed by atoms with Gasteiger partial charge in [0.1, 0.15) is 0 Å². The molecule has 11 heteroatoms. The molecule has 0 atom stereocenters. The summed E-state index contributed by atoms with van der Waals surface area (Å²) in [5.74, 6) is 0.840. The first-order chi connectivity index (χ1) is 12.6. The summed E-state index contributed by atoms with van der Waals surface area (Å²) < 4.78 is 5.47. The molecular formula is C15H9ClN6O2S2. The molecule has 0 aliphatic carbocycles. The smallest absolute Gasteiger partial charge is 0.281 e. The van der Waals surface area contributed by atoms with Crippen molar-refractivity contribution >= 4 is 45.2 Å². The van der Waals surface area contributed by atoms with Crippen molar-refractivity contribution in [3.8, 4) is 5.82 Å². The van der Waals surface area contributed by atoms with Crippen LogP contribution in [0.5, 0.6) is 0 Å². The van der Waals surface area contributed by atoms with Gasteiger partial charge in [-0.15, -0.1) is 5.10 Å². The number of halogens is 1. The fourth-order valence-corrected chi connectivity index (χ4v) is 3.82. The Morgan fingerprint density at radius 1 is 1.23 bits per heavy atom. The number of nitrogens with zero attached hydrogens (tertiary/aromatic N) is 5. The molecule has 1 aromatic carbocycles. The van der Waals surface area contributed by atoms with Crippen LogP contribution >= 0.6 is 34.9 Å². The quantitative estimate of drug-likeness (QED) is 0.410. The minimum atomic E-state index is -0.356. The summed E-state index contributed by atoms with van der Waals surface area (Å²) in [6, 6.07) is 7.40. The maximum Gasteiger partial charge on any atom is 0.281 e. The predicted octanol–water partition coefficient (Wildman–Crippen LogP) is 2.27. The van der Waals surface area contributed by atoms with Gasteiger partial charge in [0, 0.05) is 17.0 Å². The van der Waals surface area contributed by atoms with Crippen molar-refractivity contribution < 1.29 is 0 Å². The molecule has 8 nitrogen and oxygen atoms in total. The number of rotatable bonds is 4. The van der Waals surface area contributed by atoms with Crippen molar-refractivity contribution in [2.75, 3.05) is 0 Å². The van der Waals surface area contributed by atoms with Gasteiger partial charge in [0.25, 0.3) is 11.1 Å². The summed E-state index contributed by atoms with van der Waals surface area (Å²) in [6.45, 7) is 0. The summed E-state index contributed by atoms with van der Waals surface area (Å²) in [5, 5.41) is 4.95. The maximum absolute atomic E-state index is 12.8. The number of fused-ring (bicyclic) bond motifs is 1. The first kappa shape index (κ1) is 16.9. The fraction of sp³-hybridized carbons (Fsp3) is 0.0667. The minimum Gasteiger partial charge on any atom is -0.324 e. The van der Waals surface area contributed by atoms with E-state index in [1.807, 2.05) is 12.1 Å². The van der Waals surface area contributed by atoms with Gasteiger partial charge in [-0.1, -0.05) is 40.0 Å². The molecule has 1 N–H and O–H groups in total. The predicted molar refractivity (Wildman–Crippen MR) is 100 cm³/mol. The number of benzene rings is 1. The summed E-state index contributed by atoms with van der Waals surface area (Å²) >= 11 is 8.23. The normalized spacial score (nSPS) is 11.1. The molecule has 26 heavy (non-hydrogen) atoms. The lowest BCUT2D eigenvalue weighted by atomic mass is 10.2. The maximum atomic E-state index is 12.8. The van der Waals surface area contributed by atoms with Crippen LogP contribution in [0.1, 0.15) is 5.56 Å². The van der Waals surface area contributed by atoms with E-state index in [4.69, 9.17) is 11.6 Å². The molecule has 0 aliphatic rings. The topological polar surface area (TPSA) is 106 Å². The van der Waals surface area contributed by atoms with E-state index in [0.717, 1.165) is 23.3 Å². The third-order valence-corrected chi connectivity index (χ3v) is 5.39. The first-order valence-corrected chi connectivity index (χ1v) is 9.43. The second-order valence-electron chi connectivity index (χ2n) is 5.15. The zero-order chi connectivity index (χ0) is 18.1. The molecule has 130 valence electrons. The lowest BCUT2D eigenvalue weighted by Crippen LogP contribution is -2.23. The Morgan fingerprint density at radius 3 is 2.77 bits per heavy atom. The third-order valence-electron chi connectivity index (χ3n) is 3.43. The minimum absolute atomic E-state index is 0.274. The van der Waals surface area contributed by atoms with Crippen LogP contribution in [0.25, 0.3) is 16.2 Å². The van der Waals surface area contributed by atoms with Crippen LogP contribution in [0.2, 0.25) is 5.02 Å². The number of nitrogens with one attached hydrogen (secondary N) is 1. The van der Waals surface area contributed by atoms with Crippen LogP contribution in [-0.2, 0) is 5.75 Å². The number of thioether (sulfide) groups is 1. The van der Waals surface area contributed by atoms with Crippen molar-refractivity contribution in [3.05, 3.63) is 68.0 Å². The summed E-state index contributed by atoms with van der Waals surface area (Å²) in [5.41, 5.74) is 0.624. The third kappa shape index (κ3) is 3.26. The second kappa shape index (κ2) is 6.98. The number of hydrogen-bond donors (Lipinski definition) is 1. The molecule has 0 saturated carbocycles. The van der Waals surface area contributed by atoms with E-state index in [0.29, 0.717) is 26.3 Å². The molecular weight excluding hydrogens is 396 g/mol. The number of hydrogen-bond acceptors (Lipinski definition) is 8. The van der Waals surface area contributed by atoms with E-state index >= 15 is 0 Å². The highest BCUT2D eigenvalue weighted by molar-refractivity contribution is 7.98. The van der Waals surface area contributed by atoms with Crippen LogP contribution in [0.3, 0.4) is 0 Å². The Labute approximate surface area is 159 Å². The Balaban J connectivity index is 1.80.